The highest BCUT2D eigenvalue weighted by molar-refractivity contribution is 6.08. The molecule has 0 atom stereocenters. The molecular weight excluding hydrogens is 274 g/mol. The van der Waals surface area contributed by atoms with Crippen LogP contribution < -0.4 is 5.32 Å². The summed E-state index contributed by atoms with van der Waals surface area (Å²) in [5.74, 6) is 0.249. The lowest BCUT2D eigenvalue weighted by molar-refractivity contribution is 0.0589. The van der Waals surface area contributed by atoms with Gasteiger partial charge in [-0.2, -0.15) is 5.10 Å². The van der Waals surface area contributed by atoms with Crippen molar-refractivity contribution in [3.8, 4) is 0 Å². The maximum Gasteiger partial charge on any atom is 0.358 e. The number of aryl methyl sites for hydroxylation is 4. The molecule has 2 heterocycles. The zero-order chi connectivity index (χ0) is 15.7. The van der Waals surface area contributed by atoms with Gasteiger partial charge in [-0.25, -0.2) is 4.79 Å². The lowest BCUT2D eigenvalue weighted by atomic mass is 10.2. The van der Waals surface area contributed by atoms with Crippen LogP contribution in [0, 0.1) is 20.8 Å². The van der Waals surface area contributed by atoms with E-state index < -0.39 is 5.97 Å². The van der Waals surface area contributed by atoms with Gasteiger partial charge in [0.25, 0.3) is 5.91 Å². The molecule has 0 unspecified atom stereocenters. The molecule has 0 aliphatic heterocycles. The van der Waals surface area contributed by atoms with E-state index in [4.69, 9.17) is 9.15 Å². The lowest BCUT2D eigenvalue weighted by Crippen LogP contribution is -2.17. The van der Waals surface area contributed by atoms with Crippen molar-refractivity contribution in [3.05, 3.63) is 34.5 Å². The predicted molar refractivity (Wildman–Crippen MR) is 75.4 cm³/mol. The highest BCUT2D eigenvalue weighted by Gasteiger charge is 2.24. The Kier molecular flexibility index (Phi) is 3.84. The van der Waals surface area contributed by atoms with Crippen LogP contribution in [0.2, 0.25) is 0 Å². The number of hydrogen-bond acceptors (Lipinski definition) is 5. The Labute approximate surface area is 121 Å². The van der Waals surface area contributed by atoms with Gasteiger partial charge in [0.1, 0.15) is 11.5 Å². The summed E-state index contributed by atoms with van der Waals surface area (Å²) >= 11 is 0. The number of anilines is 1. The highest BCUT2D eigenvalue weighted by Crippen LogP contribution is 2.22. The quantitative estimate of drug-likeness (QED) is 0.874. The van der Waals surface area contributed by atoms with Crippen LogP contribution in [-0.4, -0.2) is 28.8 Å². The molecule has 0 fully saturated rings. The zero-order valence-corrected chi connectivity index (χ0v) is 12.6. The fraction of sp³-hybridized carbons (Fsp3) is 0.357. The number of furan rings is 1. The minimum absolute atomic E-state index is 0.196. The minimum atomic E-state index is -0.562. The number of carbonyl (C=O) groups is 2. The Morgan fingerprint density at radius 3 is 2.52 bits per heavy atom. The Morgan fingerprint density at radius 2 is 2.00 bits per heavy atom. The van der Waals surface area contributed by atoms with Crippen LogP contribution in [-0.2, 0) is 11.8 Å². The summed E-state index contributed by atoms with van der Waals surface area (Å²) in [5.41, 5.74) is 1.49. The van der Waals surface area contributed by atoms with Crippen molar-refractivity contribution >= 4 is 17.6 Å². The number of aromatic nitrogens is 2. The summed E-state index contributed by atoms with van der Waals surface area (Å²) in [5, 5.41) is 6.83. The summed E-state index contributed by atoms with van der Waals surface area (Å²) in [4.78, 5) is 24.1. The summed E-state index contributed by atoms with van der Waals surface area (Å²) < 4.78 is 11.4. The molecule has 21 heavy (non-hydrogen) atoms. The fourth-order valence-electron chi connectivity index (χ4n) is 2.18. The normalized spacial score (nSPS) is 10.5. The Morgan fingerprint density at radius 1 is 1.33 bits per heavy atom. The second kappa shape index (κ2) is 5.43. The number of rotatable bonds is 3. The first-order chi connectivity index (χ1) is 9.85. The van der Waals surface area contributed by atoms with Gasteiger partial charge in [-0.15, -0.1) is 0 Å². The number of hydrogen-bond donors (Lipinski definition) is 1. The Balaban J connectivity index is 2.38. The highest BCUT2D eigenvalue weighted by atomic mass is 16.5. The molecule has 1 amide bonds. The van der Waals surface area contributed by atoms with Gasteiger partial charge in [0.15, 0.2) is 5.69 Å². The van der Waals surface area contributed by atoms with Crippen LogP contribution in [0.15, 0.2) is 10.5 Å². The molecule has 0 bridgehead atoms. The van der Waals surface area contributed by atoms with Gasteiger partial charge in [-0.3, -0.25) is 9.48 Å². The molecule has 0 saturated heterocycles. The maximum absolute atomic E-state index is 12.3. The van der Waals surface area contributed by atoms with Crippen molar-refractivity contribution in [1.29, 1.82) is 0 Å². The monoisotopic (exact) mass is 291 g/mol. The third-order valence-corrected chi connectivity index (χ3v) is 3.13. The number of nitrogens with one attached hydrogen (secondary N) is 1. The smallest absolute Gasteiger partial charge is 0.358 e. The van der Waals surface area contributed by atoms with Crippen molar-refractivity contribution in [2.45, 2.75) is 20.8 Å². The van der Waals surface area contributed by atoms with E-state index in [1.165, 1.54) is 11.8 Å². The first-order valence-electron chi connectivity index (χ1n) is 6.35. The van der Waals surface area contributed by atoms with E-state index in [1.54, 1.807) is 33.9 Å². The molecule has 0 aliphatic carbocycles. The molecule has 0 aliphatic rings. The van der Waals surface area contributed by atoms with E-state index in [0.29, 0.717) is 28.5 Å². The average molecular weight is 291 g/mol. The largest absolute Gasteiger partial charge is 0.466 e. The van der Waals surface area contributed by atoms with Gasteiger partial charge < -0.3 is 14.5 Å². The molecular formula is C14H17N3O4. The van der Waals surface area contributed by atoms with Crippen LogP contribution in [0.1, 0.15) is 38.1 Å². The van der Waals surface area contributed by atoms with Crippen molar-refractivity contribution in [2.24, 2.45) is 7.05 Å². The molecule has 2 aromatic heterocycles. The number of amides is 1. The van der Waals surface area contributed by atoms with Crippen molar-refractivity contribution < 1.29 is 18.7 Å². The second-order valence-electron chi connectivity index (χ2n) is 4.71. The summed E-state index contributed by atoms with van der Waals surface area (Å²) in [7, 11) is 2.89. The number of esters is 1. The van der Waals surface area contributed by atoms with Crippen molar-refractivity contribution in [1.82, 2.24) is 9.78 Å². The molecule has 2 aromatic rings. The molecule has 0 radical (unpaired) electrons. The van der Waals surface area contributed by atoms with Gasteiger partial charge in [-0.1, -0.05) is 0 Å². The topological polar surface area (TPSA) is 86.4 Å². The Hall–Kier alpha value is -2.57. The first-order valence-corrected chi connectivity index (χ1v) is 6.35. The molecule has 0 aromatic carbocycles. The molecule has 7 nitrogen and oxygen atoms in total. The molecule has 2 rings (SSSR count). The van der Waals surface area contributed by atoms with E-state index in [1.807, 2.05) is 0 Å². The number of nitrogens with zero attached hydrogens (tertiary/aromatic N) is 2. The lowest BCUT2D eigenvalue weighted by Gasteiger charge is -2.06. The third kappa shape index (κ3) is 2.67. The molecule has 7 heteroatoms. The van der Waals surface area contributed by atoms with Crippen LogP contribution >= 0.6 is 0 Å². The van der Waals surface area contributed by atoms with E-state index in [-0.39, 0.29) is 11.6 Å². The molecule has 1 N–H and O–H groups in total. The van der Waals surface area contributed by atoms with E-state index in [2.05, 4.69) is 10.4 Å². The predicted octanol–water partition coefficient (Wildman–Crippen LogP) is 1.98. The summed E-state index contributed by atoms with van der Waals surface area (Å²) in [6.45, 7) is 5.17. The Bertz CT molecular complexity index is 712. The number of ether oxygens (including phenoxy) is 1. The second-order valence-corrected chi connectivity index (χ2v) is 4.71. The molecule has 112 valence electrons. The van der Waals surface area contributed by atoms with Gasteiger partial charge in [-0.05, 0) is 26.8 Å². The number of carbonyl (C=O) groups excluding carboxylic acids is 2. The SMILES string of the molecule is COC(=O)c1c(NC(=O)c2cc(C)oc2C)c(C)nn1C. The van der Waals surface area contributed by atoms with Crippen molar-refractivity contribution in [2.75, 3.05) is 12.4 Å². The number of methoxy groups -OCH3 is 1. The zero-order valence-electron chi connectivity index (χ0n) is 12.6. The molecule has 0 saturated carbocycles. The van der Waals surface area contributed by atoms with Gasteiger partial charge in [0.05, 0.1) is 24.1 Å². The van der Waals surface area contributed by atoms with Crippen molar-refractivity contribution in [3.63, 3.8) is 0 Å². The van der Waals surface area contributed by atoms with Crippen LogP contribution in [0.4, 0.5) is 5.69 Å². The maximum atomic E-state index is 12.3. The fourth-order valence-corrected chi connectivity index (χ4v) is 2.18. The third-order valence-electron chi connectivity index (χ3n) is 3.13. The van der Waals surface area contributed by atoms with Gasteiger partial charge >= 0.3 is 5.97 Å². The minimum Gasteiger partial charge on any atom is -0.466 e. The van der Waals surface area contributed by atoms with Crippen LogP contribution in [0.25, 0.3) is 0 Å². The van der Waals surface area contributed by atoms with E-state index in [9.17, 15) is 9.59 Å². The van der Waals surface area contributed by atoms with Crippen LogP contribution in [0.3, 0.4) is 0 Å². The average Bonchev–Trinajstić information content (AvgIpc) is 2.88. The van der Waals surface area contributed by atoms with E-state index >= 15 is 0 Å². The van der Waals surface area contributed by atoms with Crippen LogP contribution in [0.5, 0.6) is 0 Å². The summed E-state index contributed by atoms with van der Waals surface area (Å²) in [6, 6.07) is 1.65. The summed E-state index contributed by atoms with van der Waals surface area (Å²) in [6.07, 6.45) is 0. The van der Waals surface area contributed by atoms with E-state index in [0.717, 1.165) is 0 Å². The van der Waals surface area contributed by atoms with Gasteiger partial charge in [0.2, 0.25) is 0 Å². The van der Waals surface area contributed by atoms with Gasteiger partial charge in [0, 0.05) is 7.05 Å². The standard InChI is InChI=1S/C14H17N3O4/c1-7-6-10(9(3)21-7)13(18)15-11-8(2)16-17(4)12(11)14(19)20-5/h6H,1-5H3,(H,15,18). The molecule has 0 spiro atoms. The first kappa shape index (κ1) is 14.8.